The van der Waals surface area contributed by atoms with Gasteiger partial charge in [-0.3, -0.25) is 4.55 Å². The van der Waals surface area contributed by atoms with Gasteiger partial charge >= 0.3 is 16.1 Å². The number of rotatable bonds is 6. The molecular formula is C30H46O5S. The molecule has 1 atom stereocenters. The fourth-order valence-corrected chi connectivity index (χ4v) is 8.03. The zero-order valence-corrected chi connectivity index (χ0v) is 23.4. The molecule has 0 aromatic heterocycles. The lowest BCUT2D eigenvalue weighted by Gasteiger charge is -2.33. The van der Waals surface area contributed by atoms with Crippen LogP contribution in [-0.2, 0) is 14.9 Å². The van der Waals surface area contributed by atoms with Crippen molar-refractivity contribution in [3.63, 3.8) is 0 Å². The monoisotopic (exact) mass is 518 g/mol. The molecule has 1 aromatic rings. The lowest BCUT2D eigenvalue weighted by molar-refractivity contribution is 0.0217. The summed E-state index contributed by atoms with van der Waals surface area (Å²) >= 11 is 0. The van der Waals surface area contributed by atoms with Crippen molar-refractivity contribution in [2.75, 3.05) is 0 Å². The molecule has 1 N–H and O–H groups in total. The first-order valence-corrected chi connectivity index (χ1v) is 15.9. The van der Waals surface area contributed by atoms with Crippen LogP contribution in [0.15, 0.2) is 12.1 Å². The quantitative estimate of drug-likeness (QED) is 0.303. The molecule has 202 valence electrons. The van der Waals surface area contributed by atoms with Crippen molar-refractivity contribution in [2.45, 2.75) is 140 Å². The predicted molar refractivity (Wildman–Crippen MR) is 144 cm³/mol. The fourth-order valence-electron chi connectivity index (χ4n) is 6.93. The van der Waals surface area contributed by atoms with Gasteiger partial charge in [-0.05, 0) is 73.0 Å². The van der Waals surface area contributed by atoms with Gasteiger partial charge in [-0.1, -0.05) is 90.7 Å². The maximum absolute atomic E-state index is 14.0. The Balaban J connectivity index is 1.84. The Bertz CT molecular complexity index is 965. The summed E-state index contributed by atoms with van der Waals surface area (Å²) in [6.07, 6.45) is 17.5. The summed E-state index contributed by atoms with van der Waals surface area (Å²) in [5, 5.41) is 0. The number of esters is 1. The van der Waals surface area contributed by atoms with E-state index in [1.165, 1.54) is 50.5 Å². The van der Waals surface area contributed by atoms with Gasteiger partial charge in [0, 0.05) is 5.41 Å². The number of ether oxygens (including phenoxy) is 1. The van der Waals surface area contributed by atoms with E-state index in [9.17, 15) is 17.8 Å². The molecule has 0 heterocycles. The van der Waals surface area contributed by atoms with E-state index in [2.05, 4.69) is 12.1 Å². The van der Waals surface area contributed by atoms with Crippen LogP contribution < -0.4 is 0 Å². The van der Waals surface area contributed by atoms with E-state index in [1.54, 1.807) is 20.8 Å². The van der Waals surface area contributed by atoms with Crippen LogP contribution in [0.5, 0.6) is 0 Å². The molecule has 6 heteroatoms. The Morgan fingerprint density at radius 1 is 0.778 bits per heavy atom. The highest BCUT2D eigenvalue weighted by atomic mass is 32.2. The van der Waals surface area contributed by atoms with Crippen LogP contribution in [-0.4, -0.2) is 24.4 Å². The SMILES string of the molecule is CC(C)(C)C(OC(=O)c1c(C2CCCCC2)cc(C2CCCCC2)cc1C1CCCCC1)S(=O)(=O)O. The molecule has 1 unspecified atom stereocenters. The average Bonchev–Trinajstić information content (AvgIpc) is 2.86. The van der Waals surface area contributed by atoms with E-state index in [4.69, 9.17) is 4.74 Å². The minimum atomic E-state index is -4.57. The first-order chi connectivity index (χ1) is 17.1. The molecule has 3 aliphatic rings. The van der Waals surface area contributed by atoms with Gasteiger partial charge in [0.25, 0.3) is 0 Å². The molecule has 0 bridgehead atoms. The molecule has 3 aliphatic carbocycles. The second kappa shape index (κ2) is 11.6. The zero-order chi connectivity index (χ0) is 25.9. The maximum Gasteiger partial charge on any atom is 0.340 e. The molecular weight excluding hydrogens is 472 g/mol. The molecule has 0 spiro atoms. The van der Waals surface area contributed by atoms with E-state index >= 15 is 0 Å². The molecule has 4 rings (SSSR count). The first-order valence-electron chi connectivity index (χ1n) is 14.4. The molecule has 36 heavy (non-hydrogen) atoms. The normalized spacial score (nSPS) is 22.3. The predicted octanol–water partition coefficient (Wildman–Crippen LogP) is 8.25. The van der Waals surface area contributed by atoms with Crippen molar-refractivity contribution in [2.24, 2.45) is 5.41 Å². The third-order valence-corrected chi connectivity index (χ3v) is 10.1. The van der Waals surface area contributed by atoms with E-state index in [-0.39, 0.29) is 0 Å². The van der Waals surface area contributed by atoms with E-state index in [0.29, 0.717) is 23.3 Å². The van der Waals surface area contributed by atoms with Crippen LogP contribution in [0.4, 0.5) is 0 Å². The van der Waals surface area contributed by atoms with Crippen molar-refractivity contribution >= 4 is 16.1 Å². The van der Waals surface area contributed by atoms with Crippen LogP contribution >= 0.6 is 0 Å². The van der Waals surface area contributed by atoms with Gasteiger partial charge in [-0.15, -0.1) is 0 Å². The number of hydrogen-bond acceptors (Lipinski definition) is 4. The van der Waals surface area contributed by atoms with Crippen LogP contribution in [0.25, 0.3) is 0 Å². The third kappa shape index (κ3) is 6.53. The van der Waals surface area contributed by atoms with Gasteiger partial charge in [-0.2, -0.15) is 8.42 Å². The Hall–Kier alpha value is -1.40. The van der Waals surface area contributed by atoms with Crippen molar-refractivity contribution in [3.8, 4) is 0 Å². The van der Waals surface area contributed by atoms with Gasteiger partial charge in [0.2, 0.25) is 5.44 Å². The standard InChI is InChI=1S/C30H46O5S/c1-30(2,3)29(36(32,33)34)35-28(31)27-25(22-15-9-5-10-16-22)19-24(21-13-7-4-8-14-21)20-26(27)23-17-11-6-12-18-23/h19-23,29H,4-18H2,1-3H3,(H,32,33,34). The number of carbonyl (C=O) groups excluding carboxylic acids is 1. The van der Waals surface area contributed by atoms with Crippen molar-refractivity contribution in [3.05, 3.63) is 34.4 Å². The van der Waals surface area contributed by atoms with Crippen molar-refractivity contribution in [1.29, 1.82) is 0 Å². The van der Waals surface area contributed by atoms with Gasteiger partial charge in [0.05, 0.1) is 5.56 Å². The molecule has 0 radical (unpaired) electrons. The highest BCUT2D eigenvalue weighted by Crippen LogP contribution is 2.44. The minimum absolute atomic E-state index is 0.297. The summed E-state index contributed by atoms with van der Waals surface area (Å²) in [5.74, 6) is 0.550. The topological polar surface area (TPSA) is 80.7 Å². The van der Waals surface area contributed by atoms with Gasteiger partial charge < -0.3 is 4.74 Å². The van der Waals surface area contributed by atoms with Crippen LogP contribution in [0.3, 0.4) is 0 Å². The van der Waals surface area contributed by atoms with Crippen molar-refractivity contribution < 1.29 is 22.5 Å². The number of hydrogen-bond donors (Lipinski definition) is 1. The summed E-state index contributed by atoms with van der Waals surface area (Å²) in [6.45, 7) is 5.03. The highest BCUT2D eigenvalue weighted by Gasteiger charge is 2.41. The molecule has 0 amide bonds. The number of benzene rings is 1. The molecule has 3 fully saturated rings. The number of carbonyl (C=O) groups is 1. The molecule has 0 saturated heterocycles. The van der Waals surface area contributed by atoms with Crippen LogP contribution in [0, 0.1) is 5.41 Å². The Labute approximate surface area is 218 Å². The second-order valence-corrected chi connectivity index (χ2v) is 14.2. The van der Waals surface area contributed by atoms with E-state index in [0.717, 1.165) is 62.5 Å². The molecule has 0 aliphatic heterocycles. The molecule has 1 aromatic carbocycles. The highest BCUT2D eigenvalue weighted by molar-refractivity contribution is 7.86. The largest absolute Gasteiger partial charge is 0.439 e. The summed E-state index contributed by atoms with van der Waals surface area (Å²) in [7, 11) is -4.57. The summed E-state index contributed by atoms with van der Waals surface area (Å²) in [6, 6.07) is 4.57. The van der Waals surface area contributed by atoms with E-state index in [1.807, 2.05) is 0 Å². The van der Waals surface area contributed by atoms with Crippen LogP contribution in [0.1, 0.15) is 162 Å². The summed E-state index contributed by atoms with van der Waals surface area (Å²) in [5.41, 5.74) is 1.58. The smallest absolute Gasteiger partial charge is 0.340 e. The van der Waals surface area contributed by atoms with Gasteiger partial charge in [0.15, 0.2) is 0 Å². The van der Waals surface area contributed by atoms with Gasteiger partial charge in [0.1, 0.15) is 0 Å². The van der Waals surface area contributed by atoms with Crippen LogP contribution in [0.2, 0.25) is 0 Å². The Morgan fingerprint density at radius 3 is 1.53 bits per heavy atom. The molecule has 3 saturated carbocycles. The lowest BCUT2D eigenvalue weighted by atomic mass is 9.73. The van der Waals surface area contributed by atoms with E-state index < -0.39 is 26.9 Å². The zero-order valence-electron chi connectivity index (χ0n) is 22.6. The third-order valence-electron chi connectivity index (χ3n) is 8.78. The minimum Gasteiger partial charge on any atom is -0.439 e. The van der Waals surface area contributed by atoms with Crippen molar-refractivity contribution in [1.82, 2.24) is 0 Å². The molecule has 5 nitrogen and oxygen atoms in total. The Kier molecular flexibility index (Phi) is 8.87. The maximum atomic E-state index is 14.0. The average molecular weight is 519 g/mol. The summed E-state index contributed by atoms with van der Waals surface area (Å²) in [4.78, 5) is 14.0. The fraction of sp³-hybridized carbons (Fsp3) is 0.767. The summed E-state index contributed by atoms with van der Waals surface area (Å²) < 4.78 is 40.2. The lowest BCUT2D eigenvalue weighted by Crippen LogP contribution is -2.39. The Morgan fingerprint density at radius 2 is 1.17 bits per heavy atom. The van der Waals surface area contributed by atoms with Gasteiger partial charge in [-0.25, -0.2) is 4.79 Å². The second-order valence-electron chi connectivity index (χ2n) is 12.7. The first kappa shape index (κ1) is 27.6.